The van der Waals surface area contributed by atoms with E-state index in [-0.39, 0.29) is 0 Å². The smallest absolute Gasteiger partial charge is 0.257 e. The molecule has 7 heteroatoms. The van der Waals surface area contributed by atoms with Gasteiger partial charge in [0.15, 0.2) is 11.6 Å². The highest BCUT2D eigenvalue weighted by Crippen LogP contribution is 2.24. The normalized spacial score (nSPS) is 10.5. The second-order valence-electron chi connectivity index (χ2n) is 4.66. The van der Waals surface area contributed by atoms with Gasteiger partial charge in [-0.2, -0.15) is 0 Å². The molecular weight excluding hydrogens is 282 g/mol. The first kappa shape index (κ1) is 14.0. The molecule has 0 radical (unpaired) electrons. The molecule has 22 heavy (non-hydrogen) atoms. The summed E-state index contributed by atoms with van der Waals surface area (Å²) in [5, 5.41) is 4.08. The van der Waals surface area contributed by atoms with Gasteiger partial charge in [0.1, 0.15) is 5.69 Å². The van der Waals surface area contributed by atoms with Crippen molar-refractivity contribution in [3.8, 4) is 17.1 Å². The Labute approximate surface area is 127 Å². The SMILES string of the molecule is COc1nccnc1N(C)Cc1cc(-c2ccncc2)no1. The molecule has 0 spiro atoms. The van der Waals surface area contributed by atoms with E-state index >= 15 is 0 Å². The lowest BCUT2D eigenvalue weighted by molar-refractivity contribution is 0.380. The second kappa shape index (κ2) is 6.21. The van der Waals surface area contributed by atoms with Crippen molar-refractivity contribution in [2.24, 2.45) is 0 Å². The molecule has 0 fully saturated rings. The fourth-order valence-electron chi connectivity index (χ4n) is 2.08. The Balaban J connectivity index is 1.78. The summed E-state index contributed by atoms with van der Waals surface area (Å²) >= 11 is 0. The van der Waals surface area contributed by atoms with Gasteiger partial charge in [-0.25, -0.2) is 9.97 Å². The number of aromatic nitrogens is 4. The van der Waals surface area contributed by atoms with Crippen molar-refractivity contribution in [1.29, 1.82) is 0 Å². The Morgan fingerprint density at radius 1 is 1.14 bits per heavy atom. The van der Waals surface area contributed by atoms with Crippen LogP contribution in [0.4, 0.5) is 5.82 Å². The minimum Gasteiger partial charge on any atom is -0.478 e. The van der Waals surface area contributed by atoms with Gasteiger partial charge in [-0.15, -0.1) is 0 Å². The van der Waals surface area contributed by atoms with Gasteiger partial charge in [0.2, 0.25) is 0 Å². The van der Waals surface area contributed by atoms with Gasteiger partial charge in [-0.3, -0.25) is 4.98 Å². The van der Waals surface area contributed by atoms with Crippen LogP contribution in [0.2, 0.25) is 0 Å². The minimum atomic E-state index is 0.471. The maximum absolute atomic E-state index is 5.38. The van der Waals surface area contributed by atoms with E-state index in [0.29, 0.717) is 18.2 Å². The Kier molecular flexibility index (Phi) is 3.95. The number of hydrogen-bond acceptors (Lipinski definition) is 7. The molecule has 3 aromatic heterocycles. The lowest BCUT2D eigenvalue weighted by Gasteiger charge is -2.17. The van der Waals surface area contributed by atoms with E-state index in [4.69, 9.17) is 9.26 Å². The molecule has 0 atom stereocenters. The zero-order chi connectivity index (χ0) is 15.4. The van der Waals surface area contributed by atoms with Crippen LogP contribution in [0.1, 0.15) is 5.76 Å². The van der Waals surface area contributed by atoms with Gasteiger partial charge >= 0.3 is 0 Å². The number of rotatable bonds is 5. The average Bonchev–Trinajstić information content (AvgIpc) is 3.04. The van der Waals surface area contributed by atoms with E-state index in [1.165, 1.54) is 0 Å². The van der Waals surface area contributed by atoms with Crippen LogP contribution in [0.15, 0.2) is 47.5 Å². The predicted molar refractivity (Wildman–Crippen MR) is 80.4 cm³/mol. The quantitative estimate of drug-likeness (QED) is 0.714. The molecule has 0 saturated heterocycles. The van der Waals surface area contributed by atoms with Crippen LogP contribution in [0.25, 0.3) is 11.3 Å². The zero-order valence-corrected chi connectivity index (χ0v) is 12.3. The summed E-state index contributed by atoms with van der Waals surface area (Å²) in [5.41, 5.74) is 1.74. The molecule has 112 valence electrons. The molecule has 0 aliphatic heterocycles. The number of nitrogens with zero attached hydrogens (tertiary/aromatic N) is 5. The van der Waals surface area contributed by atoms with E-state index < -0.39 is 0 Å². The van der Waals surface area contributed by atoms with Crippen molar-refractivity contribution in [2.45, 2.75) is 6.54 Å². The molecule has 0 aliphatic carbocycles. The van der Waals surface area contributed by atoms with Gasteiger partial charge in [-0.05, 0) is 12.1 Å². The molecule has 0 unspecified atom stereocenters. The van der Waals surface area contributed by atoms with E-state index in [2.05, 4.69) is 20.1 Å². The molecule has 3 heterocycles. The van der Waals surface area contributed by atoms with Gasteiger partial charge < -0.3 is 14.2 Å². The molecule has 7 nitrogen and oxygen atoms in total. The molecule has 0 bridgehead atoms. The largest absolute Gasteiger partial charge is 0.478 e. The third-order valence-electron chi connectivity index (χ3n) is 3.13. The van der Waals surface area contributed by atoms with Crippen LogP contribution in [0.5, 0.6) is 5.88 Å². The number of anilines is 1. The maximum Gasteiger partial charge on any atom is 0.257 e. The van der Waals surface area contributed by atoms with Gasteiger partial charge in [-0.1, -0.05) is 5.16 Å². The first-order valence-corrected chi connectivity index (χ1v) is 6.70. The average molecular weight is 297 g/mol. The summed E-state index contributed by atoms with van der Waals surface area (Å²) in [6.07, 6.45) is 6.66. The predicted octanol–water partition coefficient (Wildman–Crippen LogP) is 2.17. The molecule has 3 aromatic rings. The number of pyridine rings is 1. The third kappa shape index (κ3) is 2.88. The number of methoxy groups -OCH3 is 1. The van der Waals surface area contributed by atoms with E-state index in [1.807, 2.05) is 30.1 Å². The first-order chi connectivity index (χ1) is 10.8. The lowest BCUT2D eigenvalue weighted by atomic mass is 10.2. The molecular formula is C15H15N5O2. The zero-order valence-electron chi connectivity index (χ0n) is 12.3. The summed E-state index contributed by atoms with van der Waals surface area (Å²) in [4.78, 5) is 14.3. The van der Waals surface area contributed by atoms with E-state index in [0.717, 1.165) is 17.0 Å². The van der Waals surface area contributed by atoms with E-state index in [1.54, 1.807) is 31.9 Å². The summed E-state index contributed by atoms with van der Waals surface area (Å²) < 4.78 is 10.6. The first-order valence-electron chi connectivity index (χ1n) is 6.70. The van der Waals surface area contributed by atoms with E-state index in [9.17, 15) is 0 Å². The fraction of sp³-hybridized carbons (Fsp3) is 0.200. The Bertz CT molecular complexity index is 744. The Morgan fingerprint density at radius 3 is 2.68 bits per heavy atom. The van der Waals surface area contributed by atoms with Crippen LogP contribution in [-0.4, -0.2) is 34.3 Å². The molecule has 0 aliphatic rings. The highest BCUT2D eigenvalue weighted by molar-refractivity contribution is 5.58. The van der Waals surface area contributed by atoms with Gasteiger partial charge in [0, 0.05) is 43.5 Å². The van der Waals surface area contributed by atoms with Crippen molar-refractivity contribution in [3.05, 3.63) is 48.7 Å². The summed E-state index contributed by atoms with van der Waals surface area (Å²) in [7, 11) is 3.46. The molecule has 3 rings (SSSR count). The Hall–Kier alpha value is -2.96. The maximum atomic E-state index is 5.38. The monoisotopic (exact) mass is 297 g/mol. The van der Waals surface area contributed by atoms with Crippen molar-refractivity contribution >= 4 is 5.82 Å². The molecule has 0 aromatic carbocycles. The topological polar surface area (TPSA) is 77.2 Å². The van der Waals surface area contributed by atoms with Crippen molar-refractivity contribution in [2.75, 3.05) is 19.1 Å². The van der Waals surface area contributed by atoms with Crippen LogP contribution in [0, 0.1) is 0 Å². The van der Waals surface area contributed by atoms with Crippen LogP contribution >= 0.6 is 0 Å². The number of ether oxygens (including phenoxy) is 1. The fourth-order valence-corrected chi connectivity index (χ4v) is 2.08. The van der Waals surface area contributed by atoms with Crippen LogP contribution in [0.3, 0.4) is 0 Å². The minimum absolute atomic E-state index is 0.471. The highest BCUT2D eigenvalue weighted by atomic mass is 16.5. The molecule has 0 saturated carbocycles. The second-order valence-corrected chi connectivity index (χ2v) is 4.66. The summed E-state index contributed by atoms with van der Waals surface area (Å²) in [5.74, 6) is 1.84. The lowest BCUT2D eigenvalue weighted by Crippen LogP contribution is -2.18. The van der Waals surface area contributed by atoms with Gasteiger partial charge in [0.25, 0.3) is 5.88 Å². The standard InChI is InChI=1S/C15H15N5O2/c1-20(14-15(21-2)18-8-7-17-14)10-12-9-13(19-22-12)11-3-5-16-6-4-11/h3-9H,10H2,1-2H3. The highest BCUT2D eigenvalue weighted by Gasteiger charge is 2.14. The third-order valence-corrected chi connectivity index (χ3v) is 3.13. The summed E-state index contributed by atoms with van der Waals surface area (Å²) in [6.45, 7) is 0.507. The molecule has 0 N–H and O–H groups in total. The van der Waals surface area contributed by atoms with Crippen molar-refractivity contribution in [3.63, 3.8) is 0 Å². The Morgan fingerprint density at radius 2 is 1.91 bits per heavy atom. The molecule has 0 amide bonds. The summed E-state index contributed by atoms with van der Waals surface area (Å²) in [6, 6.07) is 5.67. The van der Waals surface area contributed by atoms with Gasteiger partial charge in [0.05, 0.1) is 13.7 Å². The van der Waals surface area contributed by atoms with Crippen molar-refractivity contribution < 1.29 is 9.26 Å². The van der Waals surface area contributed by atoms with Crippen LogP contribution in [-0.2, 0) is 6.54 Å². The van der Waals surface area contributed by atoms with Crippen LogP contribution < -0.4 is 9.64 Å². The number of hydrogen-bond donors (Lipinski definition) is 0. The van der Waals surface area contributed by atoms with Crippen molar-refractivity contribution in [1.82, 2.24) is 20.1 Å².